The molecule has 0 saturated carbocycles. The molecule has 0 radical (unpaired) electrons. The predicted molar refractivity (Wildman–Crippen MR) is 120 cm³/mol. The van der Waals surface area contributed by atoms with Gasteiger partial charge in [-0.3, -0.25) is 4.79 Å². The molecular weight excluding hydrogens is 380 g/mol. The van der Waals surface area contributed by atoms with Crippen molar-refractivity contribution in [2.24, 2.45) is 0 Å². The van der Waals surface area contributed by atoms with E-state index in [0.717, 1.165) is 34.4 Å². The zero-order chi connectivity index (χ0) is 20.2. The van der Waals surface area contributed by atoms with Crippen molar-refractivity contribution >= 4 is 44.6 Å². The lowest BCUT2D eigenvalue weighted by atomic mass is 10.1. The molecule has 0 fully saturated rings. The van der Waals surface area contributed by atoms with Crippen LogP contribution < -0.4 is 5.73 Å². The molecule has 5 aromatic rings. The van der Waals surface area contributed by atoms with Crippen molar-refractivity contribution < 1.29 is 4.79 Å². The van der Waals surface area contributed by atoms with E-state index >= 15 is 0 Å². The minimum Gasteiger partial charge on any atom is -0.374 e. The first kappa shape index (κ1) is 18.8. The maximum absolute atomic E-state index is 10.9. The lowest BCUT2D eigenvalue weighted by Crippen LogP contribution is -1.92. The molecule has 0 amide bonds. The van der Waals surface area contributed by atoms with Crippen LogP contribution in [0.4, 0.5) is 5.13 Å². The highest BCUT2D eigenvalue weighted by atomic mass is 32.1. The van der Waals surface area contributed by atoms with Crippen LogP contribution in [0.15, 0.2) is 72.8 Å². The molecule has 5 rings (SSSR count). The molecule has 5 nitrogen and oxygen atoms in total. The normalized spacial score (nSPS) is 10.7. The van der Waals surface area contributed by atoms with Crippen LogP contribution in [0.3, 0.4) is 0 Å². The van der Waals surface area contributed by atoms with Gasteiger partial charge in [-0.15, -0.1) is 10.2 Å². The fourth-order valence-corrected chi connectivity index (χ4v) is 4.03. The minimum atomic E-state index is 0.508. The molecule has 2 aromatic heterocycles. The third kappa shape index (κ3) is 3.75. The van der Waals surface area contributed by atoms with Gasteiger partial charge in [0.15, 0.2) is 0 Å². The Bertz CT molecular complexity index is 1270. The van der Waals surface area contributed by atoms with Crippen LogP contribution in [-0.4, -0.2) is 21.1 Å². The zero-order valence-electron chi connectivity index (χ0n) is 15.9. The van der Waals surface area contributed by atoms with Crippen molar-refractivity contribution in [3.05, 3.63) is 78.4 Å². The second-order valence-corrected chi connectivity index (χ2v) is 7.48. The topological polar surface area (TPSA) is 73.8 Å². The number of anilines is 1. The summed E-state index contributed by atoms with van der Waals surface area (Å²) >= 11 is 1.40. The number of hydrogen-bond acceptors (Lipinski definition) is 5. The van der Waals surface area contributed by atoms with Crippen molar-refractivity contribution in [1.82, 2.24) is 14.8 Å². The Kier molecular flexibility index (Phi) is 5.35. The number of aldehydes is 1. The number of benzene rings is 3. The number of nitrogens with two attached hydrogens (primary N) is 1. The van der Waals surface area contributed by atoms with E-state index in [-0.39, 0.29) is 0 Å². The average Bonchev–Trinajstić information content (AvgIpc) is 3.35. The van der Waals surface area contributed by atoms with Gasteiger partial charge in [0, 0.05) is 39.5 Å². The van der Waals surface area contributed by atoms with Crippen LogP contribution in [-0.2, 0) is 6.54 Å². The summed E-state index contributed by atoms with van der Waals surface area (Å²) in [6, 6.07) is 24.1. The number of nitrogen functional groups attached to an aromatic ring is 1. The van der Waals surface area contributed by atoms with Gasteiger partial charge >= 0.3 is 0 Å². The SMILES string of the molecule is CCn1c2ccccc2c2cc(C=O)ccc21.Nc1nnc(-c2ccccc2)s1. The molecule has 2 heterocycles. The van der Waals surface area contributed by atoms with Gasteiger partial charge < -0.3 is 10.3 Å². The smallest absolute Gasteiger partial charge is 0.203 e. The van der Waals surface area contributed by atoms with Crippen molar-refractivity contribution in [2.45, 2.75) is 13.5 Å². The molecule has 0 unspecified atom stereocenters. The monoisotopic (exact) mass is 400 g/mol. The van der Waals surface area contributed by atoms with Crippen LogP contribution in [0.1, 0.15) is 17.3 Å². The Balaban J connectivity index is 0.000000150. The van der Waals surface area contributed by atoms with Crippen molar-refractivity contribution in [3.63, 3.8) is 0 Å². The van der Waals surface area contributed by atoms with Gasteiger partial charge in [0.25, 0.3) is 0 Å². The van der Waals surface area contributed by atoms with E-state index in [1.165, 1.54) is 27.8 Å². The van der Waals surface area contributed by atoms with Crippen molar-refractivity contribution in [2.75, 3.05) is 5.73 Å². The summed E-state index contributed by atoms with van der Waals surface area (Å²) in [6.45, 7) is 3.07. The maximum Gasteiger partial charge on any atom is 0.203 e. The quantitative estimate of drug-likeness (QED) is 0.411. The number of fused-ring (bicyclic) bond motifs is 3. The largest absolute Gasteiger partial charge is 0.374 e. The second-order valence-electron chi connectivity index (χ2n) is 6.47. The van der Waals surface area contributed by atoms with Crippen LogP contribution in [0.2, 0.25) is 0 Å². The molecule has 0 bridgehead atoms. The summed E-state index contributed by atoms with van der Waals surface area (Å²) in [5, 5.41) is 11.4. The molecule has 0 saturated heterocycles. The Morgan fingerprint density at radius 1 is 0.931 bits per heavy atom. The zero-order valence-corrected chi connectivity index (χ0v) is 16.8. The predicted octanol–water partition coefficient (Wildman–Crippen LogP) is 5.41. The van der Waals surface area contributed by atoms with E-state index < -0.39 is 0 Å². The molecule has 6 heteroatoms. The first-order valence-corrected chi connectivity index (χ1v) is 10.1. The standard InChI is InChI=1S/C15H13NO.C8H7N3S/c1-2-16-14-6-4-3-5-12(14)13-9-11(10-17)7-8-15(13)16;9-8-11-10-7(12-8)6-4-2-1-3-5-6/h3-10H,2H2,1H3;1-5H,(H2,9,11). The Morgan fingerprint density at radius 3 is 2.34 bits per heavy atom. The number of aromatic nitrogens is 3. The summed E-state index contributed by atoms with van der Waals surface area (Å²) in [4.78, 5) is 10.9. The van der Waals surface area contributed by atoms with Crippen LogP contribution >= 0.6 is 11.3 Å². The molecule has 2 N–H and O–H groups in total. The highest BCUT2D eigenvalue weighted by molar-refractivity contribution is 7.18. The van der Waals surface area contributed by atoms with E-state index in [2.05, 4.69) is 33.8 Å². The summed E-state index contributed by atoms with van der Waals surface area (Å²) in [5.74, 6) is 0. The molecule has 144 valence electrons. The summed E-state index contributed by atoms with van der Waals surface area (Å²) in [7, 11) is 0. The molecule has 3 aromatic carbocycles. The Hall–Kier alpha value is -3.51. The third-order valence-electron chi connectivity index (χ3n) is 4.71. The fraction of sp³-hybridized carbons (Fsp3) is 0.0870. The van der Waals surface area contributed by atoms with Gasteiger partial charge in [0.1, 0.15) is 11.3 Å². The highest BCUT2D eigenvalue weighted by Gasteiger charge is 2.09. The molecular formula is C23H20N4OS. The van der Waals surface area contributed by atoms with E-state index in [9.17, 15) is 4.79 Å². The number of carbonyl (C=O) groups is 1. The summed E-state index contributed by atoms with van der Waals surface area (Å²) in [5.41, 5.74) is 9.68. The van der Waals surface area contributed by atoms with E-state index in [0.29, 0.717) is 5.13 Å². The average molecular weight is 401 g/mol. The highest BCUT2D eigenvalue weighted by Crippen LogP contribution is 2.29. The Morgan fingerprint density at radius 2 is 1.66 bits per heavy atom. The van der Waals surface area contributed by atoms with Gasteiger partial charge in [-0.1, -0.05) is 59.9 Å². The number of rotatable bonds is 3. The molecule has 0 spiro atoms. The van der Waals surface area contributed by atoms with Gasteiger partial charge in [0.05, 0.1) is 0 Å². The van der Waals surface area contributed by atoms with Crippen LogP contribution in [0, 0.1) is 0 Å². The summed E-state index contributed by atoms with van der Waals surface area (Å²) < 4.78 is 2.28. The second kappa shape index (κ2) is 8.24. The molecule has 0 aliphatic rings. The third-order valence-corrected chi connectivity index (χ3v) is 5.51. The number of carbonyl (C=O) groups excluding carboxylic acids is 1. The van der Waals surface area contributed by atoms with Crippen LogP contribution in [0.25, 0.3) is 32.4 Å². The van der Waals surface area contributed by atoms with Gasteiger partial charge in [-0.25, -0.2) is 0 Å². The summed E-state index contributed by atoms with van der Waals surface area (Å²) in [6.07, 6.45) is 0.900. The van der Waals surface area contributed by atoms with Gasteiger partial charge in [0.2, 0.25) is 5.13 Å². The van der Waals surface area contributed by atoms with Crippen molar-refractivity contribution in [1.29, 1.82) is 0 Å². The maximum atomic E-state index is 10.9. The Labute approximate surface area is 172 Å². The number of para-hydroxylation sites is 1. The molecule has 0 atom stereocenters. The molecule has 29 heavy (non-hydrogen) atoms. The first-order chi connectivity index (χ1) is 14.2. The van der Waals surface area contributed by atoms with Crippen molar-refractivity contribution in [3.8, 4) is 10.6 Å². The van der Waals surface area contributed by atoms with Gasteiger partial charge in [-0.05, 0) is 31.2 Å². The molecule has 0 aliphatic heterocycles. The number of hydrogen-bond donors (Lipinski definition) is 1. The van der Waals surface area contributed by atoms with E-state index in [1.54, 1.807) is 0 Å². The van der Waals surface area contributed by atoms with E-state index in [1.807, 2.05) is 60.7 Å². The number of aryl methyl sites for hydroxylation is 1. The molecule has 0 aliphatic carbocycles. The minimum absolute atomic E-state index is 0.508. The van der Waals surface area contributed by atoms with E-state index in [4.69, 9.17) is 5.73 Å². The lowest BCUT2D eigenvalue weighted by molar-refractivity contribution is 0.112. The fourth-order valence-electron chi connectivity index (χ4n) is 3.42. The first-order valence-electron chi connectivity index (χ1n) is 9.32. The number of nitrogens with zero attached hydrogens (tertiary/aromatic N) is 3. The lowest BCUT2D eigenvalue weighted by Gasteiger charge is -2.02. The van der Waals surface area contributed by atoms with Gasteiger partial charge in [-0.2, -0.15) is 0 Å². The van der Waals surface area contributed by atoms with Crippen LogP contribution in [0.5, 0.6) is 0 Å².